The van der Waals surface area contributed by atoms with E-state index in [2.05, 4.69) is 115 Å². The Morgan fingerprint density at radius 1 is 0.684 bits per heavy atom. The topological polar surface area (TPSA) is 24.1 Å². The summed E-state index contributed by atoms with van der Waals surface area (Å²) in [6.07, 6.45) is 6.44. The van der Waals surface area contributed by atoms with Crippen LogP contribution in [0.5, 0.6) is 0 Å². The summed E-state index contributed by atoms with van der Waals surface area (Å²) in [5.74, 6) is 1.29. The molecule has 2 saturated heterocycles. The Labute approximate surface area is 241 Å². The van der Waals surface area contributed by atoms with Crippen molar-refractivity contribution >= 4 is 17.2 Å². The molecule has 4 heteroatoms. The Kier molecular flexibility index (Phi) is 10.0. The molecule has 3 rings (SSSR count). The lowest BCUT2D eigenvalue weighted by Crippen LogP contribution is -2.50. The van der Waals surface area contributed by atoms with Crippen molar-refractivity contribution in [2.75, 3.05) is 26.2 Å². The van der Waals surface area contributed by atoms with Gasteiger partial charge in [0.2, 0.25) is 0 Å². The molecule has 0 radical (unpaired) electrons. The Hall–Kier alpha value is 0. The SMILES string of the molecule is CC(C)(C)c1cc(CP(C(C)(C)C)C(C)(C)C)c(C(P)(C2CCCNC2)C2CCCNC2)cc1C(C)(C)C. The third kappa shape index (κ3) is 7.25. The molecule has 0 saturated carbocycles. The molecule has 38 heavy (non-hydrogen) atoms. The van der Waals surface area contributed by atoms with Gasteiger partial charge in [-0.15, -0.1) is 9.24 Å². The molecule has 0 aromatic heterocycles. The zero-order valence-corrected chi connectivity index (χ0v) is 29.2. The molecule has 1 aromatic rings. The number of hydrogen-bond donors (Lipinski definition) is 2. The van der Waals surface area contributed by atoms with Crippen molar-refractivity contribution < 1.29 is 0 Å². The maximum atomic E-state index is 3.81. The van der Waals surface area contributed by atoms with Crippen LogP contribution in [0.3, 0.4) is 0 Å². The van der Waals surface area contributed by atoms with Crippen molar-refractivity contribution in [2.24, 2.45) is 11.8 Å². The summed E-state index contributed by atoms with van der Waals surface area (Å²) in [6.45, 7) is 34.1. The highest BCUT2D eigenvalue weighted by Gasteiger charge is 2.46. The summed E-state index contributed by atoms with van der Waals surface area (Å²) in [4.78, 5) is 0. The fourth-order valence-corrected chi connectivity index (χ4v) is 11.8. The highest BCUT2D eigenvalue weighted by atomic mass is 31.1. The second kappa shape index (κ2) is 11.7. The molecule has 3 unspecified atom stereocenters. The van der Waals surface area contributed by atoms with Crippen LogP contribution < -0.4 is 10.6 Å². The van der Waals surface area contributed by atoms with Crippen molar-refractivity contribution in [3.05, 3.63) is 34.4 Å². The van der Waals surface area contributed by atoms with E-state index in [-0.39, 0.29) is 23.9 Å². The van der Waals surface area contributed by atoms with Crippen molar-refractivity contribution in [1.29, 1.82) is 0 Å². The zero-order valence-electron chi connectivity index (χ0n) is 27.2. The van der Waals surface area contributed by atoms with E-state index in [1.165, 1.54) is 44.9 Å². The Bertz CT molecular complexity index is 895. The summed E-state index contributed by atoms with van der Waals surface area (Å²) in [7, 11) is 3.32. The Balaban J connectivity index is 2.36. The fourth-order valence-electron chi connectivity index (χ4n) is 7.36. The first-order chi connectivity index (χ1) is 17.3. The second-order valence-electron chi connectivity index (χ2n) is 16.5. The van der Waals surface area contributed by atoms with Crippen LogP contribution in [0, 0.1) is 11.8 Å². The summed E-state index contributed by atoms with van der Waals surface area (Å²) >= 11 is 0. The molecule has 2 aliphatic heterocycles. The van der Waals surface area contributed by atoms with Gasteiger partial charge in [0, 0.05) is 5.16 Å². The first-order valence-corrected chi connectivity index (χ1v) is 17.5. The van der Waals surface area contributed by atoms with Crippen molar-refractivity contribution in [1.82, 2.24) is 10.6 Å². The first-order valence-electron chi connectivity index (χ1n) is 15.4. The minimum Gasteiger partial charge on any atom is -0.316 e. The van der Waals surface area contributed by atoms with Crippen LogP contribution in [-0.2, 0) is 22.1 Å². The molecule has 2 fully saturated rings. The van der Waals surface area contributed by atoms with Crippen LogP contribution in [0.25, 0.3) is 0 Å². The summed E-state index contributed by atoms with van der Waals surface area (Å²) < 4.78 is 0. The van der Waals surface area contributed by atoms with E-state index in [0.29, 0.717) is 22.1 Å². The molecule has 1 aromatic carbocycles. The van der Waals surface area contributed by atoms with E-state index in [0.717, 1.165) is 13.1 Å². The lowest BCUT2D eigenvalue weighted by Gasteiger charge is -2.50. The summed E-state index contributed by atoms with van der Waals surface area (Å²) in [5, 5.41) is 8.31. The molecule has 218 valence electrons. The average Bonchev–Trinajstić information content (AvgIpc) is 2.80. The van der Waals surface area contributed by atoms with Crippen molar-refractivity contribution in [2.45, 2.75) is 141 Å². The number of piperidine rings is 2. The fraction of sp³-hybridized carbons (Fsp3) is 0.824. The molecular weight excluding hydrogens is 498 g/mol. The molecule has 2 nitrogen and oxygen atoms in total. The highest BCUT2D eigenvalue weighted by molar-refractivity contribution is 7.60. The maximum absolute atomic E-state index is 3.81. The molecule has 2 aliphatic rings. The van der Waals surface area contributed by atoms with E-state index >= 15 is 0 Å². The quantitative estimate of drug-likeness (QED) is 0.351. The molecule has 3 atom stereocenters. The summed E-state index contributed by atoms with van der Waals surface area (Å²) in [5.41, 5.74) is 6.63. The van der Waals surface area contributed by atoms with Gasteiger partial charge in [0.1, 0.15) is 0 Å². The van der Waals surface area contributed by atoms with Crippen molar-refractivity contribution in [3.63, 3.8) is 0 Å². The number of benzene rings is 1. The summed E-state index contributed by atoms with van der Waals surface area (Å²) in [6, 6.07) is 5.43. The molecule has 0 aliphatic carbocycles. The minimum absolute atomic E-state index is 0.0867. The van der Waals surface area contributed by atoms with Gasteiger partial charge in [-0.1, -0.05) is 103 Å². The van der Waals surface area contributed by atoms with E-state index in [4.69, 9.17) is 0 Å². The van der Waals surface area contributed by atoms with E-state index < -0.39 is 0 Å². The van der Waals surface area contributed by atoms with Crippen LogP contribution in [0.2, 0.25) is 0 Å². The molecule has 2 heterocycles. The Morgan fingerprint density at radius 3 is 1.45 bits per heavy atom. The Morgan fingerprint density at radius 2 is 1.11 bits per heavy atom. The minimum atomic E-state index is -0.244. The smallest absolute Gasteiger partial charge is 0.0181 e. The molecule has 0 amide bonds. The number of nitrogens with one attached hydrogen (secondary N) is 2. The third-order valence-corrected chi connectivity index (χ3v) is 14.4. The monoisotopic (exact) mass is 560 g/mol. The lowest BCUT2D eigenvalue weighted by molar-refractivity contribution is 0.192. The molecule has 2 N–H and O–H groups in total. The van der Waals surface area contributed by atoms with Crippen molar-refractivity contribution in [3.8, 4) is 0 Å². The van der Waals surface area contributed by atoms with Gasteiger partial charge >= 0.3 is 0 Å². The van der Waals surface area contributed by atoms with Gasteiger partial charge in [-0.2, -0.15) is 0 Å². The zero-order chi connectivity index (χ0) is 28.7. The first kappa shape index (κ1) is 32.5. The standard InChI is InChI=1S/C34H62N2P2/c1-30(2,3)28-19-24(23-38(32(7,8)9)33(10,11)12)27(20-29(28)31(4,5)6)34(37,25-15-13-17-35-21-25)26-16-14-18-36-22-26/h19-20,25-26,35-36H,13-18,21-23,37H2,1-12H3. The predicted octanol–water partition coefficient (Wildman–Crippen LogP) is 8.93. The predicted molar refractivity (Wildman–Crippen MR) is 177 cm³/mol. The molecule has 0 spiro atoms. The van der Waals surface area contributed by atoms with E-state index in [9.17, 15) is 0 Å². The van der Waals surface area contributed by atoms with Crippen LogP contribution >= 0.6 is 17.2 Å². The second-order valence-corrected chi connectivity index (χ2v) is 21.3. The maximum Gasteiger partial charge on any atom is 0.0181 e. The van der Waals surface area contributed by atoms with Gasteiger partial charge in [-0.05, 0) is 113 Å². The molecule has 0 bridgehead atoms. The lowest BCUT2D eigenvalue weighted by atomic mass is 9.66. The largest absolute Gasteiger partial charge is 0.316 e. The van der Waals surface area contributed by atoms with Crippen LogP contribution in [-0.4, -0.2) is 36.5 Å². The normalized spacial score (nSPS) is 23.9. The van der Waals surface area contributed by atoms with Gasteiger partial charge in [0.25, 0.3) is 0 Å². The van der Waals surface area contributed by atoms with E-state index in [1.54, 1.807) is 22.3 Å². The van der Waals surface area contributed by atoms with Gasteiger partial charge in [0.05, 0.1) is 0 Å². The van der Waals surface area contributed by atoms with Gasteiger partial charge < -0.3 is 10.6 Å². The van der Waals surface area contributed by atoms with Gasteiger partial charge in [-0.3, -0.25) is 0 Å². The van der Waals surface area contributed by atoms with E-state index in [1.807, 2.05) is 0 Å². The van der Waals surface area contributed by atoms with Crippen LogP contribution in [0.1, 0.15) is 131 Å². The average molecular weight is 561 g/mol. The van der Waals surface area contributed by atoms with Gasteiger partial charge in [0.15, 0.2) is 0 Å². The van der Waals surface area contributed by atoms with Gasteiger partial charge in [-0.25, -0.2) is 0 Å². The van der Waals surface area contributed by atoms with Crippen LogP contribution in [0.4, 0.5) is 0 Å². The number of rotatable bonds is 5. The van der Waals surface area contributed by atoms with Crippen LogP contribution in [0.15, 0.2) is 12.1 Å². The number of hydrogen-bond acceptors (Lipinski definition) is 2. The molecular formula is C34H62N2P2. The third-order valence-electron chi connectivity index (χ3n) is 9.22. The highest BCUT2D eigenvalue weighted by Crippen LogP contribution is 2.63.